The van der Waals surface area contributed by atoms with Gasteiger partial charge in [-0.3, -0.25) is 0 Å². The Morgan fingerprint density at radius 3 is 2.50 bits per heavy atom. The summed E-state index contributed by atoms with van der Waals surface area (Å²) in [6, 6.07) is 27.5. The molecule has 3 heteroatoms. The maximum absolute atomic E-state index is 9.85. The number of phenols is 1. The Hall–Kier alpha value is -3.56. The Labute approximate surface area is 190 Å². The van der Waals surface area contributed by atoms with Crippen molar-refractivity contribution in [3.63, 3.8) is 0 Å². The molecule has 0 fully saturated rings. The van der Waals surface area contributed by atoms with E-state index >= 15 is 0 Å². The van der Waals surface area contributed by atoms with Crippen LogP contribution in [0.25, 0.3) is 11.6 Å². The first kappa shape index (κ1) is 21.7. The average molecular weight is 425 g/mol. The zero-order chi connectivity index (χ0) is 22.2. The number of benzene rings is 3. The molecule has 0 aromatic heterocycles. The van der Waals surface area contributed by atoms with Crippen LogP contribution >= 0.6 is 0 Å². The molecule has 32 heavy (non-hydrogen) atoms. The Bertz CT molecular complexity index is 1100. The van der Waals surface area contributed by atoms with E-state index in [0.29, 0.717) is 13.2 Å². The maximum atomic E-state index is 9.85. The monoisotopic (exact) mass is 424 g/mol. The Kier molecular flexibility index (Phi) is 7.21. The van der Waals surface area contributed by atoms with Crippen molar-refractivity contribution in [1.82, 2.24) is 0 Å². The second-order valence-corrected chi connectivity index (χ2v) is 7.86. The van der Waals surface area contributed by atoms with Crippen molar-refractivity contribution < 1.29 is 14.6 Å². The van der Waals surface area contributed by atoms with Crippen LogP contribution in [0.15, 0.2) is 109 Å². The predicted octanol–water partition coefficient (Wildman–Crippen LogP) is 6.67. The third-order valence-corrected chi connectivity index (χ3v) is 5.54. The molecule has 3 aromatic carbocycles. The number of phenolic OH excluding ortho intramolecular Hbond substituents is 1. The van der Waals surface area contributed by atoms with Crippen LogP contribution in [-0.2, 0) is 4.74 Å². The van der Waals surface area contributed by atoms with Crippen LogP contribution in [0.4, 0.5) is 0 Å². The summed E-state index contributed by atoms with van der Waals surface area (Å²) in [5, 5.41) is 9.85. The van der Waals surface area contributed by atoms with Crippen LogP contribution < -0.4 is 4.74 Å². The molecule has 1 N–H and O–H groups in total. The molecule has 1 heterocycles. The lowest BCUT2D eigenvalue weighted by atomic mass is 9.93. The van der Waals surface area contributed by atoms with Crippen molar-refractivity contribution in [2.45, 2.75) is 18.9 Å². The summed E-state index contributed by atoms with van der Waals surface area (Å²) < 4.78 is 11.9. The smallest absolute Gasteiger partial charge is 0.119 e. The first-order valence-corrected chi connectivity index (χ1v) is 10.9. The van der Waals surface area contributed by atoms with Crippen molar-refractivity contribution in [3.8, 4) is 11.5 Å². The summed E-state index contributed by atoms with van der Waals surface area (Å²) in [7, 11) is 0. The zero-order valence-corrected chi connectivity index (χ0v) is 18.1. The summed E-state index contributed by atoms with van der Waals surface area (Å²) in [5.41, 5.74) is 5.44. The van der Waals surface area contributed by atoms with Gasteiger partial charge in [0.25, 0.3) is 0 Å². The number of hydrogen-bond donors (Lipinski definition) is 1. The molecule has 0 saturated carbocycles. The third kappa shape index (κ3) is 5.77. The fourth-order valence-electron chi connectivity index (χ4n) is 3.91. The number of aromatic hydroxyl groups is 1. The minimum atomic E-state index is -0.00170. The highest BCUT2D eigenvalue weighted by atomic mass is 16.5. The lowest BCUT2D eigenvalue weighted by molar-refractivity contribution is 0.117. The van der Waals surface area contributed by atoms with Gasteiger partial charge in [-0.15, -0.1) is 0 Å². The van der Waals surface area contributed by atoms with Crippen LogP contribution in [-0.4, -0.2) is 24.4 Å². The van der Waals surface area contributed by atoms with E-state index in [9.17, 15) is 5.11 Å². The fourth-order valence-corrected chi connectivity index (χ4v) is 3.91. The standard InChI is InChI=1S/C29H28O3/c1-22(21-32-27-13-6-3-7-14-27)28-17-18-31-29(28)16-15-25(24-10-4-2-5-11-24)19-23-9-8-12-26(30)20-23/h2-14,17,19-20,29-30H,1,15-16,18,21H2/b25-19-. The van der Waals surface area contributed by atoms with Crippen molar-refractivity contribution in [1.29, 1.82) is 0 Å². The SMILES string of the molecule is C=C(COc1ccccc1)C1=CCOC1CC/C(=C/c1cccc(O)c1)c1ccccc1. The van der Waals surface area contributed by atoms with Crippen LogP contribution in [0, 0.1) is 0 Å². The third-order valence-electron chi connectivity index (χ3n) is 5.54. The van der Waals surface area contributed by atoms with Crippen molar-refractivity contribution in [3.05, 3.63) is 120 Å². The van der Waals surface area contributed by atoms with E-state index in [0.717, 1.165) is 35.3 Å². The van der Waals surface area contributed by atoms with E-state index in [1.165, 1.54) is 11.1 Å². The predicted molar refractivity (Wildman–Crippen MR) is 131 cm³/mol. The number of hydrogen-bond acceptors (Lipinski definition) is 3. The summed E-state index contributed by atoms with van der Waals surface area (Å²) in [5.74, 6) is 1.11. The molecule has 0 radical (unpaired) electrons. The highest BCUT2D eigenvalue weighted by Gasteiger charge is 2.23. The van der Waals surface area contributed by atoms with Gasteiger partial charge >= 0.3 is 0 Å². The largest absolute Gasteiger partial charge is 0.508 e. The van der Waals surface area contributed by atoms with E-state index < -0.39 is 0 Å². The summed E-state index contributed by atoms with van der Waals surface area (Å²) in [6.07, 6.45) is 5.94. The second-order valence-electron chi connectivity index (χ2n) is 7.86. The Balaban J connectivity index is 1.44. The van der Waals surface area contributed by atoms with E-state index in [1.54, 1.807) is 12.1 Å². The second kappa shape index (κ2) is 10.7. The van der Waals surface area contributed by atoms with Gasteiger partial charge in [0.05, 0.1) is 12.7 Å². The van der Waals surface area contributed by atoms with E-state index in [1.807, 2.05) is 60.7 Å². The van der Waals surface area contributed by atoms with Crippen LogP contribution in [0.2, 0.25) is 0 Å². The number of allylic oxidation sites excluding steroid dienone is 1. The van der Waals surface area contributed by atoms with Crippen molar-refractivity contribution >= 4 is 11.6 Å². The molecule has 4 rings (SSSR count). The molecule has 0 bridgehead atoms. The van der Waals surface area contributed by atoms with Gasteiger partial charge in [-0.05, 0) is 65.0 Å². The van der Waals surface area contributed by atoms with Gasteiger partial charge in [-0.1, -0.05) is 79.4 Å². The highest BCUT2D eigenvalue weighted by Crippen LogP contribution is 2.30. The molecule has 0 amide bonds. The summed E-state index contributed by atoms with van der Waals surface area (Å²) in [4.78, 5) is 0. The molecule has 0 saturated heterocycles. The van der Waals surface area contributed by atoms with Crippen LogP contribution in [0.5, 0.6) is 11.5 Å². The lowest BCUT2D eigenvalue weighted by Gasteiger charge is -2.18. The molecule has 1 aliphatic rings. The van der Waals surface area contributed by atoms with Gasteiger partial charge in [0.15, 0.2) is 0 Å². The highest BCUT2D eigenvalue weighted by molar-refractivity contribution is 5.81. The van der Waals surface area contributed by atoms with Gasteiger partial charge in [0, 0.05) is 0 Å². The van der Waals surface area contributed by atoms with Gasteiger partial charge in [-0.25, -0.2) is 0 Å². The molecule has 0 spiro atoms. The summed E-state index contributed by atoms with van der Waals surface area (Å²) in [6.45, 7) is 5.29. The molecule has 1 unspecified atom stereocenters. The van der Waals surface area contributed by atoms with Crippen LogP contribution in [0.1, 0.15) is 24.0 Å². The Morgan fingerprint density at radius 1 is 1.00 bits per heavy atom. The van der Waals surface area contributed by atoms with Crippen molar-refractivity contribution in [2.75, 3.05) is 13.2 Å². The molecule has 1 atom stereocenters. The molecule has 3 aromatic rings. The molecule has 3 nitrogen and oxygen atoms in total. The van der Waals surface area contributed by atoms with Crippen molar-refractivity contribution in [2.24, 2.45) is 0 Å². The van der Waals surface area contributed by atoms with Gasteiger partial charge in [0.1, 0.15) is 18.1 Å². The summed E-state index contributed by atoms with van der Waals surface area (Å²) >= 11 is 0. The molecule has 162 valence electrons. The minimum Gasteiger partial charge on any atom is -0.508 e. The van der Waals surface area contributed by atoms with E-state index in [-0.39, 0.29) is 11.9 Å². The molecular formula is C29H28O3. The zero-order valence-electron chi connectivity index (χ0n) is 18.1. The maximum Gasteiger partial charge on any atom is 0.119 e. The topological polar surface area (TPSA) is 38.7 Å². The first-order chi connectivity index (χ1) is 15.7. The lowest BCUT2D eigenvalue weighted by Crippen LogP contribution is -2.14. The minimum absolute atomic E-state index is 0.00170. The number of ether oxygens (including phenoxy) is 2. The van der Waals surface area contributed by atoms with E-state index in [4.69, 9.17) is 9.47 Å². The Morgan fingerprint density at radius 2 is 1.75 bits per heavy atom. The number of rotatable bonds is 9. The van der Waals surface area contributed by atoms with E-state index in [2.05, 4.69) is 30.9 Å². The van der Waals surface area contributed by atoms with Gasteiger partial charge in [0.2, 0.25) is 0 Å². The normalized spacial score (nSPS) is 15.9. The quantitative estimate of drug-likeness (QED) is 0.390. The first-order valence-electron chi connectivity index (χ1n) is 10.9. The van der Waals surface area contributed by atoms with Gasteiger partial charge < -0.3 is 14.6 Å². The fraction of sp³-hybridized carbons (Fsp3) is 0.172. The number of para-hydroxylation sites is 1. The molecule has 0 aliphatic carbocycles. The van der Waals surface area contributed by atoms with Gasteiger partial charge in [-0.2, -0.15) is 0 Å². The van der Waals surface area contributed by atoms with Crippen LogP contribution in [0.3, 0.4) is 0 Å². The molecular weight excluding hydrogens is 396 g/mol. The average Bonchev–Trinajstić information content (AvgIpc) is 3.30. The molecule has 1 aliphatic heterocycles.